The van der Waals surface area contributed by atoms with E-state index in [4.69, 9.17) is 0 Å². The van der Waals surface area contributed by atoms with E-state index in [0.717, 1.165) is 12.8 Å². The summed E-state index contributed by atoms with van der Waals surface area (Å²) >= 11 is 0. The van der Waals surface area contributed by atoms with Crippen LogP contribution < -0.4 is 0 Å². The van der Waals surface area contributed by atoms with Crippen LogP contribution in [0.15, 0.2) is 134 Å². The molecule has 0 amide bonds. The van der Waals surface area contributed by atoms with E-state index in [0.29, 0.717) is 0 Å². The number of aromatic nitrogens is 2. The summed E-state index contributed by atoms with van der Waals surface area (Å²) in [5.41, 5.74) is 15.8. The molecule has 3 aromatic carbocycles. The minimum absolute atomic E-state index is 0.898. The van der Waals surface area contributed by atoms with E-state index in [-0.39, 0.29) is 0 Å². The summed E-state index contributed by atoms with van der Waals surface area (Å²) in [6.45, 7) is 4.54. The van der Waals surface area contributed by atoms with Crippen molar-refractivity contribution in [3.63, 3.8) is 0 Å². The Morgan fingerprint density at radius 2 is 0.800 bits per heavy atom. The Bertz CT molecular complexity index is 1790. The largest absolute Gasteiger partial charge is 0.320 e. The van der Waals surface area contributed by atoms with Gasteiger partial charge in [-0.15, -0.1) is 0 Å². The minimum atomic E-state index is 0.898. The van der Waals surface area contributed by atoms with Crippen LogP contribution in [-0.2, 0) is 12.8 Å². The number of nitrogens with zero attached hydrogens (tertiary/aromatic N) is 2. The van der Waals surface area contributed by atoms with Gasteiger partial charge in [0.1, 0.15) is 0 Å². The standard InChI is InChI=1S/C38H32N2/c1-27-35(39-23-11-9-17-33(39)37(27)31-13-5-3-6-14-31)25-29-19-21-30(22-20-29)26-36-28(2)38(32-15-7-4-8-16-32)34-18-10-12-24-40(34)36/h3-24H,25-26H2,1-2H3. The third kappa shape index (κ3) is 4.13. The molecule has 2 heteroatoms. The van der Waals surface area contributed by atoms with E-state index in [2.05, 4.69) is 156 Å². The van der Waals surface area contributed by atoms with Gasteiger partial charge in [-0.05, 0) is 71.5 Å². The summed E-state index contributed by atoms with van der Waals surface area (Å²) in [5.74, 6) is 0. The average Bonchev–Trinajstić information content (AvgIpc) is 3.44. The van der Waals surface area contributed by atoms with Crippen LogP contribution in [0.5, 0.6) is 0 Å². The van der Waals surface area contributed by atoms with Crippen LogP contribution in [0.2, 0.25) is 0 Å². The van der Waals surface area contributed by atoms with Crippen LogP contribution in [0.1, 0.15) is 33.6 Å². The first kappa shape index (κ1) is 24.2. The summed E-state index contributed by atoms with van der Waals surface area (Å²) in [5, 5.41) is 0. The summed E-state index contributed by atoms with van der Waals surface area (Å²) in [6, 6.07) is 43.7. The second kappa shape index (κ2) is 10.1. The SMILES string of the molecule is Cc1c(-c2ccccc2)c2ccccn2c1Cc1ccc(Cc2c(C)c(-c3ccccc3)c3ccccn23)cc1. The van der Waals surface area contributed by atoms with Crippen molar-refractivity contribution in [1.29, 1.82) is 0 Å². The van der Waals surface area contributed by atoms with Gasteiger partial charge in [0.25, 0.3) is 0 Å². The van der Waals surface area contributed by atoms with Crippen molar-refractivity contribution in [2.24, 2.45) is 0 Å². The van der Waals surface area contributed by atoms with Crippen LogP contribution in [-0.4, -0.2) is 8.80 Å². The highest BCUT2D eigenvalue weighted by atomic mass is 14.9. The lowest BCUT2D eigenvalue weighted by molar-refractivity contribution is 0.994. The van der Waals surface area contributed by atoms with Crippen molar-refractivity contribution in [2.75, 3.05) is 0 Å². The summed E-state index contributed by atoms with van der Waals surface area (Å²) in [4.78, 5) is 0. The third-order valence-corrected chi connectivity index (χ3v) is 8.32. The van der Waals surface area contributed by atoms with Gasteiger partial charge < -0.3 is 8.80 Å². The Balaban J connectivity index is 1.22. The highest BCUT2D eigenvalue weighted by Crippen LogP contribution is 2.35. The van der Waals surface area contributed by atoms with E-state index in [1.807, 2.05) is 0 Å². The van der Waals surface area contributed by atoms with Crippen LogP contribution in [0.4, 0.5) is 0 Å². The van der Waals surface area contributed by atoms with E-state index in [1.54, 1.807) is 0 Å². The fourth-order valence-corrected chi connectivity index (χ4v) is 6.33. The van der Waals surface area contributed by atoms with Crippen molar-refractivity contribution in [1.82, 2.24) is 8.80 Å². The lowest BCUT2D eigenvalue weighted by atomic mass is 9.98. The second-order valence-electron chi connectivity index (χ2n) is 10.7. The molecule has 0 aliphatic carbocycles. The average molecular weight is 517 g/mol. The highest BCUT2D eigenvalue weighted by Gasteiger charge is 2.18. The maximum absolute atomic E-state index is 2.37. The van der Waals surface area contributed by atoms with Crippen molar-refractivity contribution in [2.45, 2.75) is 26.7 Å². The first-order valence-electron chi connectivity index (χ1n) is 14.0. The molecule has 7 rings (SSSR count). The van der Waals surface area contributed by atoms with Crippen molar-refractivity contribution >= 4 is 11.0 Å². The first-order chi connectivity index (χ1) is 19.7. The van der Waals surface area contributed by atoms with E-state index < -0.39 is 0 Å². The summed E-state index contributed by atoms with van der Waals surface area (Å²) < 4.78 is 4.74. The number of pyridine rings is 2. The number of rotatable bonds is 6. The van der Waals surface area contributed by atoms with Crippen LogP contribution >= 0.6 is 0 Å². The smallest absolute Gasteiger partial charge is 0.0534 e. The minimum Gasteiger partial charge on any atom is -0.320 e. The topological polar surface area (TPSA) is 8.82 Å². The van der Waals surface area contributed by atoms with Gasteiger partial charge in [0, 0.05) is 47.8 Å². The zero-order valence-electron chi connectivity index (χ0n) is 23.0. The Morgan fingerprint density at radius 3 is 1.20 bits per heavy atom. The molecule has 0 aliphatic heterocycles. The molecule has 0 N–H and O–H groups in total. The Labute approximate surface area is 235 Å². The van der Waals surface area contributed by atoms with Crippen molar-refractivity contribution in [3.8, 4) is 22.3 Å². The monoisotopic (exact) mass is 516 g/mol. The van der Waals surface area contributed by atoms with E-state index >= 15 is 0 Å². The highest BCUT2D eigenvalue weighted by molar-refractivity contribution is 5.86. The molecule has 7 aromatic rings. The van der Waals surface area contributed by atoms with E-state index in [9.17, 15) is 0 Å². The lowest BCUT2D eigenvalue weighted by Crippen LogP contribution is -1.98. The molecule has 0 radical (unpaired) electrons. The lowest BCUT2D eigenvalue weighted by Gasteiger charge is -2.08. The third-order valence-electron chi connectivity index (χ3n) is 8.32. The zero-order valence-corrected chi connectivity index (χ0v) is 23.0. The second-order valence-corrected chi connectivity index (χ2v) is 10.7. The molecule has 0 aliphatic rings. The van der Waals surface area contributed by atoms with Crippen molar-refractivity contribution < 1.29 is 0 Å². The number of benzene rings is 3. The molecule has 0 fully saturated rings. The molecular formula is C38H32N2. The number of hydrogen-bond donors (Lipinski definition) is 0. The van der Waals surface area contributed by atoms with Gasteiger partial charge in [0.15, 0.2) is 0 Å². The molecule has 0 atom stereocenters. The van der Waals surface area contributed by atoms with Crippen LogP contribution in [0, 0.1) is 13.8 Å². The van der Waals surface area contributed by atoms with Gasteiger partial charge in [-0.1, -0.05) is 97.1 Å². The fourth-order valence-electron chi connectivity index (χ4n) is 6.33. The van der Waals surface area contributed by atoms with E-state index in [1.165, 1.54) is 66.9 Å². The van der Waals surface area contributed by atoms with Gasteiger partial charge in [-0.2, -0.15) is 0 Å². The number of hydrogen-bond acceptors (Lipinski definition) is 0. The zero-order chi connectivity index (χ0) is 27.1. The molecular weight excluding hydrogens is 484 g/mol. The predicted molar refractivity (Wildman–Crippen MR) is 167 cm³/mol. The molecule has 4 heterocycles. The van der Waals surface area contributed by atoms with Gasteiger partial charge >= 0.3 is 0 Å². The normalized spacial score (nSPS) is 11.4. The molecule has 0 saturated carbocycles. The van der Waals surface area contributed by atoms with Crippen molar-refractivity contribution in [3.05, 3.63) is 167 Å². The molecule has 194 valence electrons. The fraction of sp³-hybridized carbons (Fsp3) is 0.105. The molecule has 4 aromatic heterocycles. The summed E-state index contributed by atoms with van der Waals surface area (Å²) in [7, 11) is 0. The van der Waals surface area contributed by atoms with Gasteiger partial charge in [-0.3, -0.25) is 0 Å². The number of fused-ring (bicyclic) bond motifs is 2. The molecule has 2 nitrogen and oxygen atoms in total. The Hall–Kier alpha value is -4.82. The maximum Gasteiger partial charge on any atom is 0.0534 e. The molecule has 40 heavy (non-hydrogen) atoms. The van der Waals surface area contributed by atoms with Crippen LogP contribution in [0.3, 0.4) is 0 Å². The Morgan fingerprint density at radius 1 is 0.425 bits per heavy atom. The van der Waals surface area contributed by atoms with Crippen LogP contribution in [0.25, 0.3) is 33.3 Å². The van der Waals surface area contributed by atoms with Gasteiger partial charge in [-0.25, -0.2) is 0 Å². The molecule has 0 spiro atoms. The van der Waals surface area contributed by atoms with Gasteiger partial charge in [0.05, 0.1) is 11.0 Å². The quantitative estimate of drug-likeness (QED) is 0.208. The summed E-state index contributed by atoms with van der Waals surface area (Å²) in [6.07, 6.45) is 6.19. The molecule has 0 bridgehead atoms. The predicted octanol–water partition coefficient (Wildman–Crippen LogP) is 9.32. The molecule has 0 unspecified atom stereocenters. The molecule has 0 saturated heterocycles. The van der Waals surface area contributed by atoms with Gasteiger partial charge in [0.2, 0.25) is 0 Å². The maximum atomic E-state index is 2.37. The Kier molecular flexibility index (Phi) is 6.09. The first-order valence-corrected chi connectivity index (χ1v) is 14.0.